The van der Waals surface area contributed by atoms with Gasteiger partial charge in [-0.1, -0.05) is 58.0 Å². The fourth-order valence-corrected chi connectivity index (χ4v) is 2.30. The van der Waals surface area contributed by atoms with Crippen LogP contribution < -0.4 is 11.1 Å². The van der Waals surface area contributed by atoms with E-state index >= 15 is 0 Å². The number of nitrogens with one attached hydrogen (secondary N) is 1. The van der Waals surface area contributed by atoms with Crippen LogP contribution in [0.15, 0.2) is 29.4 Å². The average Bonchev–Trinajstić information content (AvgIpc) is 2.37. The topological polar surface area (TPSA) is 87.7 Å². The summed E-state index contributed by atoms with van der Waals surface area (Å²) in [6, 6.07) is 7.67. The molecule has 0 aliphatic carbocycles. The Morgan fingerprint density at radius 1 is 1.29 bits per heavy atom. The summed E-state index contributed by atoms with van der Waals surface area (Å²) in [5.74, 6) is -1.07. The molecule has 1 rings (SSSR count). The van der Waals surface area contributed by atoms with Crippen LogP contribution in [0.5, 0.6) is 0 Å². The number of anilines is 1. The molecule has 1 amide bonds. The summed E-state index contributed by atoms with van der Waals surface area (Å²) >= 11 is 0. The van der Waals surface area contributed by atoms with Crippen molar-refractivity contribution in [2.45, 2.75) is 40.0 Å². The lowest BCUT2D eigenvalue weighted by Crippen LogP contribution is -2.38. The molecule has 0 aliphatic heterocycles. The normalized spacial score (nSPS) is 14.1. The minimum atomic E-state index is -0.664. The first-order valence-corrected chi connectivity index (χ1v) is 7.06. The van der Waals surface area contributed by atoms with E-state index in [9.17, 15) is 4.79 Å². The van der Waals surface area contributed by atoms with E-state index in [-0.39, 0.29) is 23.1 Å². The highest BCUT2D eigenvalue weighted by molar-refractivity contribution is 6.08. The summed E-state index contributed by atoms with van der Waals surface area (Å²) < 4.78 is 0. The lowest BCUT2D eigenvalue weighted by Gasteiger charge is -2.25. The zero-order chi connectivity index (χ0) is 16.2. The molecule has 5 heteroatoms. The van der Waals surface area contributed by atoms with Gasteiger partial charge in [-0.3, -0.25) is 4.79 Å². The Morgan fingerprint density at radius 3 is 2.33 bits per heavy atom. The molecule has 0 aliphatic rings. The number of oxime groups is 1. The molecule has 0 aromatic heterocycles. The molecular formula is C16H25N3O2. The number of amides is 1. The maximum Gasteiger partial charge on any atom is 0.235 e. The summed E-state index contributed by atoms with van der Waals surface area (Å²) in [4.78, 5) is 12.5. The van der Waals surface area contributed by atoms with E-state index in [1.807, 2.05) is 38.1 Å². The fourth-order valence-electron chi connectivity index (χ4n) is 2.30. The average molecular weight is 291 g/mol. The number of nitrogens with two attached hydrogens (primary N) is 1. The largest absolute Gasteiger partial charge is 0.409 e. The Kier molecular flexibility index (Phi) is 5.35. The minimum Gasteiger partial charge on any atom is -0.409 e. The van der Waals surface area contributed by atoms with Crippen LogP contribution in [0.2, 0.25) is 0 Å². The van der Waals surface area contributed by atoms with Gasteiger partial charge in [-0.2, -0.15) is 0 Å². The predicted octanol–water partition coefficient (Wildman–Crippen LogP) is 2.94. The van der Waals surface area contributed by atoms with E-state index < -0.39 is 5.92 Å². The first-order chi connectivity index (χ1) is 9.68. The van der Waals surface area contributed by atoms with Gasteiger partial charge >= 0.3 is 0 Å². The molecule has 1 aromatic rings. The summed E-state index contributed by atoms with van der Waals surface area (Å²) in [7, 11) is 0. The zero-order valence-corrected chi connectivity index (χ0v) is 13.3. The molecule has 0 heterocycles. The molecule has 1 unspecified atom stereocenters. The molecule has 0 fully saturated rings. The number of rotatable bonds is 4. The van der Waals surface area contributed by atoms with Gasteiger partial charge in [0.05, 0.1) is 0 Å². The van der Waals surface area contributed by atoms with Crippen molar-refractivity contribution in [2.75, 3.05) is 5.32 Å². The molecule has 1 atom stereocenters. The van der Waals surface area contributed by atoms with Crippen LogP contribution in [0, 0.1) is 11.8 Å². The van der Waals surface area contributed by atoms with Crippen LogP contribution in [0.3, 0.4) is 0 Å². The second-order valence-corrected chi connectivity index (χ2v) is 6.53. The molecule has 0 spiro atoms. The number of benzene rings is 1. The van der Waals surface area contributed by atoms with Crippen molar-refractivity contribution in [3.8, 4) is 0 Å². The van der Waals surface area contributed by atoms with Gasteiger partial charge < -0.3 is 16.3 Å². The first-order valence-electron chi connectivity index (χ1n) is 7.06. The molecule has 21 heavy (non-hydrogen) atoms. The Bertz CT molecular complexity index is 531. The number of carbonyl (C=O) groups is 1. The number of nitrogens with zero attached hydrogens (tertiary/aromatic N) is 1. The highest BCUT2D eigenvalue weighted by atomic mass is 16.4. The third kappa shape index (κ3) is 4.21. The third-order valence-corrected chi connectivity index (χ3v) is 3.38. The monoisotopic (exact) mass is 291 g/mol. The van der Waals surface area contributed by atoms with E-state index in [4.69, 9.17) is 10.9 Å². The zero-order valence-electron chi connectivity index (χ0n) is 13.3. The van der Waals surface area contributed by atoms with Crippen LogP contribution in [0.25, 0.3) is 0 Å². The maximum absolute atomic E-state index is 12.5. The van der Waals surface area contributed by atoms with Gasteiger partial charge in [-0.25, -0.2) is 0 Å². The van der Waals surface area contributed by atoms with Gasteiger partial charge in [0, 0.05) is 5.69 Å². The first kappa shape index (κ1) is 17.0. The number of amidine groups is 1. The van der Waals surface area contributed by atoms with E-state index in [0.717, 1.165) is 11.3 Å². The van der Waals surface area contributed by atoms with E-state index in [2.05, 4.69) is 31.2 Å². The van der Waals surface area contributed by atoms with Crippen LogP contribution in [0.4, 0.5) is 5.69 Å². The Labute approximate surface area is 126 Å². The molecule has 1 aromatic carbocycles. The van der Waals surface area contributed by atoms with Crippen molar-refractivity contribution in [1.82, 2.24) is 0 Å². The number of hydrogen-bond acceptors (Lipinski definition) is 3. The predicted molar refractivity (Wildman–Crippen MR) is 85.5 cm³/mol. The van der Waals surface area contributed by atoms with Gasteiger partial charge in [0.15, 0.2) is 5.84 Å². The summed E-state index contributed by atoms with van der Waals surface area (Å²) in [6.07, 6.45) is 0. The molecule has 0 bridgehead atoms. The second-order valence-electron chi connectivity index (χ2n) is 6.53. The number of para-hydroxylation sites is 1. The van der Waals surface area contributed by atoms with Crippen LogP contribution in [-0.2, 0) is 10.2 Å². The van der Waals surface area contributed by atoms with E-state index in [1.54, 1.807) is 0 Å². The Morgan fingerprint density at radius 2 is 1.86 bits per heavy atom. The lowest BCUT2D eigenvalue weighted by molar-refractivity contribution is -0.119. The highest BCUT2D eigenvalue weighted by Gasteiger charge is 2.28. The van der Waals surface area contributed by atoms with Gasteiger partial charge in [-0.05, 0) is 23.0 Å². The van der Waals surface area contributed by atoms with Crippen molar-refractivity contribution in [3.63, 3.8) is 0 Å². The van der Waals surface area contributed by atoms with Gasteiger partial charge in [-0.15, -0.1) is 0 Å². The number of carbonyl (C=O) groups excluding carboxylic acids is 1. The van der Waals surface area contributed by atoms with E-state index in [0.29, 0.717) is 0 Å². The molecular weight excluding hydrogens is 266 g/mol. The number of hydrogen-bond donors (Lipinski definition) is 3. The molecule has 0 saturated carbocycles. The summed E-state index contributed by atoms with van der Waals surface area (Å²) in [5, 5.41) is 14.7. The van der Waals surface area contributed by atoms with E-state index in [1.165, 1.54) is 0 Å². The quantitative estimate of drug-likeness (QED) is 0.345. The maximum atomic E-state index is 12.5. The van der Waals surface area contributed by atoms with Crippen LogP contribution in [-0.4, -0.2) is 17.0 Å². The van der Waals surface area contributed by atoms with Crippen molar-refractivity contribution >= 4 is 17.4 Å². The van der Waals surface area contributed by atoms with Crippen molar-refractivity contribution in [2.24, 2.45) is 22.7 Å². The molecule has 116 valence electrons. The summed E-state index contributed by atoms with van der Waals surface area (Å²) in [6.45, 7) is 9.97. The Balaban J connectivity index is 3.09. The lowest BCUT2D eigenvalue weighted by atomic mass is 9.85. The van der Waals surface area contributed by atoms with Crippen LogP contribution in [0.1, 0.15) is 40.2 Å². The highest BCUT2D eigenvalue weighted by Crippen LogP contribution is 2.29. The smallest absolute Gasteiger partial charge is 0.235 e. The van der Waals surface area contributed by atoms with Crippen molar-refractivity contribution < 1.29 is 10.0 Å². The minimum absolute atomic E-state index is 0.0669. The molecule has 5 nitrogen and oxygen atoms in total. The molecule has 4 N–H and O–H groups in total. The van der Waals surface area contributed by atoms with Crippen molar-refractivity contribution in [1.29, 1.82) is 0 Å². The van der Waals surface area contributed by atoms with Crippen LogP contribution >= 0.6 is 0 Å². The molecule has 0 saturated heterocycles. The van der Waals surface area contributed by atoms with Gasteiger partial charge in [0.1, 0.15) is 5.92 Å². The second kappa shape index (κ2) is 6.61. The van der Waals surface area contributed by atoms with Gasteiger partial charge in [0.25, 0.3) is 0 Å². The third-order valence-electron chi connectivity index (χ3n) is 3.38. The SMILES string of the molecule is CC(C)C(C(=O)Nc1ccccc1C(C)(C)C)C(N)=NO. The van der Waals surface area contributed by atoms with Crippen molar-refractivity contribution in [3.05, 3.63) is 29.8 Å². The Hall–Kier alpha value is -2.04. The standard InChI is InChI=1S/C16H25N3O2/c1-10(2)13(14(17)19-21)15(20)18-12-9-7-6-8-11(12)16(3,4)5/h6-10,13,21H,1-5H3,(H2,17,19)(H,18,20). The fraction of sp³-hybridized carbons (Fsp3) is 0.500. The summed E-state index contributed by atoms with van der Waals surface area (Å²) in [5.41, 5.74) is 7.34. The molecule has 0 radical (unpaired) electrons. The van der Waals surface area contributed by atoms with Gasteiger partial charge in [0.2, 0.25) is 5.91 Å².